The molecule has 0 aliphatic carbocycles. The van der Waals surface area contributed by atoms with Crippen LogP contribution in [0.5, 0.6) is 28.7 Å². The van der Waals surface area contributed by atoms with Gasteiger partial charge in [0.2, 0.25) is 23.6 Å². The summed E-state index contributed by atoms with van der Waals surface area (Å²) in [6.07, 6.45) is 51.8. The van der Waals surface area contributed by atoms with Gasteiger partial charge in [-0.25, -0.2) is 0 Å². The molecule has 0 bridgehead atoms. The first-order valence-corrected chi connectivity index (χ1v) is 56.4. The summed E-state index contributed by atoms with van der Waals surface area (Å²) in [4.78, 5) is 206. The van der Waals surface area contributed by atoms with Gasteiger partial charge in [0, 0.05) is 77.6 Å². The molecule has 0 atom stereocenters. The molecular weight excluding hydrogens is 1860 g/mol. The molecule has 3 aromatic carbocycles. The smallest absolute Gasteiger partial charge is 0.273 e. The van der Waals surface area contributed by atoms with Crippen LogP contribution in [0.1, 0.15) is 465 Å². The van der Waals surface area contributed by atoms with E-state index in [9.17, 15) is 67.1 Å². The Balaban J connectivity index is 2.16. The SMILES string of the molecule is CCCCCCCCN(CCCCCCCC)C(=O)CNC(=O)COc1cc(OCC(=O)NCC(=O)N(CCCCCCCC)CCCCCCCC)c(C(=O)NNC(=O)c2cccc(C(=O)NNC(=O)c3cc(C(=O)NCCCC)c(OCC(=O)NCC(=O)N(CCCCCCCC)CCCCCCCC)cc3OCC(=O)NCC(=O)N(CCCCCCCC)CCCCCCCC)c2OC)cc1C(=O)NCCCC. The van der Waals surface area contributed by atoms with Crippen LogP contribution in [0.25, 0.3) is 0 Å². The quantitative estimate of drug-likeness (QED) is 0.0185. The van der Waals surface area contributed by atoms with Crippen molar-refractivity contribution in [1.82, 2.24) is 73.2 Å². The van der Waals surface area contributed by atoms with Gasteiger partial charge in [-0.3, -0.25) is 88.8 Å². The average molecular weight is 2050 g/mol. The van der Waals surface area contributed by atoms with Crippen molar-refractivity contribution >= 4 is 82.7 Å². The number of unbranched alkanes of at least 4 members (excludes halogenated alkanes) is 42. The molecule has 0 aromatic heterocycles. The summed E-state index contributed by atoms with van der Waals surface area (Å²) in [6, 6.07) is 8.31. The maximum absolute atomic E-state index is 14.9. The fourth-order valence-electron chi connectivity index (χ4n) is 16.9. The van der Waals surface area contributed by atoms with Crippen LogP contribution in [0.3, 0.4) is 0 Å². The van der Waals surface area contributed by atoms with E-state index in [2.05, 4.69) is 109 Å². The van der Waals surface area contributed by atoms with Crippen molar-refractivity contribution in [3.8, 4) is 28.7 Å². The second kappa shape index (κ2) is 84.2. The van der Waals surface area contributed by atoms with Crippen LogP contribution in [-0.2, 0) is 38.4 Å². The third-order valence-corrected chi connectivity index (χ3v) is 25.9. The highest BCUT2D eigenvalue weighted by molar-refractivity contribution is 6.09. The Kier molecular flexibility index (Phi) is 74.6. The van der Waals surface area contributed by atoms with E-state index in [4.69, 9.17) is 23.7 Å². The lowest BCUT2D eigenvalue weighted by atomic mass is 10.1. The Bertz CT molecular complexity index is 3910. The molecule has 3 aromatic rings. The highest BCUT2D eigenvalue weighted by atomic mass is 16.5. The van der Waals surface area contributed by atoms with Crippen LogP contribution >= 0.6 is 0 Å². The first-order valence-electron chi connectivity index (χ1n) is 56.4. The zero-order chi connectivity index (χ0) is 107. The summed E-state index contributed by atoms with van der Waals surface area (Å²) < 4.78 is 30.2. The van der Waals surface area contributed by atoms with Gasteiger partial charge in [-0.15, -0.1) is 0 Å². The molecule has 0 spiro atoms. The molecule has 0 aliphatic heterocycles. The van der Waals surface area contributed by atoms with Gasteiger partial charge in [0.05, 0.1) is 66.7 Å². The maximum Gasteiger partial charge on any atom is 0.273 e. The van der Waals surface area contributed by atoms with Crippen LogP contribution in [0.4, 0.5) is 0 Å². The number of para-hydroxylation sites is 1. The topological polar surface area (TPSA) is 418 Å². The van der Waals surface area contributed by atoms with E-state index in [0.29, 0.717) is 78.0 Å². The number of methoxy groups -OCH3 is 1. The molecule has 3 rings (SSSR count). The van der Waals surface area contributed by atoms with Gasteiger partial charge < -0.3 is 75.2 Å². The lowest BCUT2D eigenvalue weighted by Crippen LogP contribution is -2.43. The molecule has 0 aliphatic rings. The third kappa shape index (κ3) is 57.5. The summed E-state index contributed by atoms with van der Waals surface area (Å²) in [5.41, 5.74) is 7.20. The Morgan fingerprint density at radius 1 is 0.219 bits per heavy atom. The molecule has 0 radical (unpaired) electrons. The van der Waals surface area contributed by atoms with Crippen LogP contribution < -0.4 is 77.3 Å². The van der Waals surface area contributed by atoms with Crippen LogP contribution in [0.2, 0.25) is 0 Å². The second-order valence-electron chi connectivity index (χ2n) is 38.5. The summed E-state index contributed by atoms with van der Waals surface area (Å²) in [5, 5.41) is 16.3. The van der Waals surface area contributed by atoms with Crippen molar-refractivity contribution in [3.05, 3.63) is 75.8 Å². The Hall–Kier alpha value is -10.8. The van der Waals surface area contributed by atoms with E-state index < -0.39 is 96.6 Å². The number of carbonyl (C=O) groups is 14. The number of ether oxygens (including phenoxy) is 5. The largest absolute Gasteiger partial charge is 0.495 e. The Morgan fingerprint density at radius 3 is 0.603 bits per heavy atom. The molecule has 0 heterocycles. The zero-order valence-electron chi connectivity index (χ0n) is 91.6. The first kappa shape index (κ1) is 129. The fourth-order valence-corrected chi connectivity index (χ4v) is 16.9. The molecule has 10 N–H and O–H groups in total. The number of carbonyl (C=O) groups excluding carboxylic acids is 14. The number of rotatable bonds is 89. The minimum Gasteiger partial charge on any atom is -0.495 e. The first-order chi connectivity index (χ1) is 70.9. The summed E-state index contributed by atoms with van der Waals surface area (Å²) >= 11 is 0. The van der Waals surface area contributed by atoms with Crippen molar-refractivity contribution in [2.24, 2.45) is 0 Å². The van der Waals surface area contributed by atoms with Crippen molar-refractivity contribution in [1.29, 1.82) is 0 Å². The fraction of sp³-hybridized carbons (Fsp3) is 0.717. The minimum atomic E-state index is -1.12. The van der Waals surface area contributed by atoms with Gasteiger partial charge in [0.15, 0.2) is 26.4 Å². The lowest BCUT2D eigenvalue weighted by molar-refractivity contribution is -0.133. The number of hydrogen-bond acceptors (Lipinski definition) is 19. The van der Waals surface area contributed by atoms with E-state index in [0.717, 1.165) is 340 Å². The van der Waals surface area contributed by atoms with Gasteiger partial charge in [0.25, 0.3) is 59.1 Å². The monoisotopic (exact) mass is 2050 g/mol. The standard InChI is InChI=1S/C113H190N14O19/c1-12-22-32-40-48-56-69-124(70-57-49-41-33-23-13-2)103(132)81-116-99(128)85-143-95-79-97(145-87-101(130)118-83-105(134)126(73-60-52-44-36-26-16-5)74-61-53-45-37-27-17-6)93(77-91(95)108(136)114-67-30-20-9)112(140)122-120-110(138)89-65-64-66-90(107(89)142-11)111(139)121-123-113(141)94-78-92(109(137)115-68-31-21-10)96(144-86-100(129)117-82-104(133)125(71-58-50-42-34-24-14-3)72-59-51-43-35-25-15-4)80-98(94)146-88-102(131)119-84-106(135)127(75-62-54-46-38-28-18-7)76-63-55-47-39-29-19-8/h64-66,77-80H,12-63,67-76,81-88H2,1-11H3,(H,114,136)(H,115,137)(H,116,128)(H,117,129)(H,118,130)(H,119,131)(H,120,138)(H,121,139)(H,122,140)(H,123,141). The second-order valence-corrected chi connectivity index (χ2v) is 38.5. The summed E-state index contributed by atoms with van der Waals surface area (Å²) in [6.45, 7) is 21.3. The molecule has 0 unspecified atom stereocenters. The number of nitrogens with one attached hydrogen (secondary N) is 10. The molecular formula is C113H190N14O19. The maximum atomic E-state index is 14.9. The zero-order valence-corrected chi connectivity index (χ0v) is 91.6. The van der Waals surface area contributed by atoms with Gasteiger partial charge in [-0.1, -0.05) is 345 Å². The summed E-state index contributed by atoms with van der Waals surface area (Å²) in [5.74, 6) is -11.6. The number of nitrogens with zero attached hydrogens (tertiary/aromatic N) is 4. The van der Waals surface area contributed by atoms with Crippen molar-refractivity contribution in [2.45, 2.75) is 403 Å². The van der Waals surface area contributed by atoms with Crippen molar-refractivity contribution < 1.29 is 90.8 Å². The molecule has 14 amide bonds. The number of hydrogen-bond donors (Lipinski definition) is 10. The molecule has 146 heavy (non-hydrogen) atoms. The summed E-state index contributed by atoms with van der Waals surface area (Å²) in [7, 11) is 1.16. The van der Waals surface area contributed by atoms with Crippen LogP contribution in [0, 0.1) is 0 Å². The van der Waals surface area contributed by atoms with E-state index in [1.807, 2.05) is 13.8 Å². The Morgan fingerprint density at radius 2 is 0.404 bits per heavy atom. The van der Waals surface area contributed by atoms with Gasteiger partial charge in [-0.2, -0.15) is 0 Å². The molecule has 33 nitrogen and oxygen atoms in total. The normalized spacial score (nSPS) is 11.0. The van der Waals surface area contributed by atoms with Crippen molar-refractivity contribution in [3.63, 3.8) is 0 Å². The average Bonchev–Trinajstić information content (AvgIpc) is 0.803. The molecule has 0 saturated heterocycles. The van der Waals surface area contributed by atoms with Gasteiger partial charge in [0.1, 0.15) is 28.7 Å². The van der Waals surface area contributed by atoms with E-state index in [1.165, 1.54) is 18.2 Å². The van der Waals surface area contributed by atoms with E-state index in [-0.39, 0.29) is 114 Å². The van der Waals surface area contributed by atoms with E-state index in [1.54, 1.807) is 19.6 Å². The number of hydrazine groups is 2. The predicted octanol–water partition coefficient (Wildman–Crippen LogP) is 19.1. The van der Waals surface area contributed by atoms with Gasteiger partial charge in [-0.05, 0) is 88.5 Å². The lowest BCUT2D eigenvalue weighted by Gasteiger charge is -2.23. The molecule has 0 fully saturated rings. The minimum absolute atomic E-state index is 0.181. The van der Waals surface area contributed by atoms with Crippen molar-refractivity contribution in [2.75, 3.05) is 125 Å². The highest BCUT2D eigenvalue weighted by Crippen LogP contribution is 2.33. The van der Waals surface area contributed by atoms with Crippen LogP contribution in [0.15, 0.2) is 42.5 Å². The van der Waals surface area contributed by atoms with E-state index >= 15 is 0 Å². The highest BCUT2D eigenvalue weighted by Gasteiger charge is 2.30. The molecule has 33 heteroatoms. The molecule has 0 saturated carbocycles. The number of benzene rings is 3. The number of amides is 14. The van der Waals surface area contributed by atoms with Crippen LogP contribution in [-0.4, -0.2) is 227 Å². The molecule has 826 valence electrons. The predicted molar refractivity (Wildman–Crippen MR) is 578 cm³/mol. The third-order valence-electron chi connectivity index (χ3n) is 25.9. The van der Waals surface area contributed by atoms with Gasteiger partial charge >= 0.3 is 0 Å². The Labute approximate surface area is 875 Å².